The van der Waals surface area contributed by atoms with E-state index in [4.69, 9.17) is 5.11 Å². The fourth-order valence-electron chi connectivity index (χ4n) is 0.767. The average molecular weight is 222 g/mol. The summed E-state index contributed by atoms with van der Waals surface area (Å²) in [6, 6.07) is 0. The number of allylic oxidation sites excluding steroid dienone is 4. The highest BCUT2D eigenvalue weighted by molar-refractivity contribution is 5.92. The summed E-state index contributed by atoms with van der Waals surface area (Å²) in [6.45, 7) is 4.90. The first-order valence-electron chi connectivity index (χ1n) is 4.52. The van der Waals surface area contributed by atoms with E-state index in [2.05, 4.69) is 11.3 Å². The Hall–Kier alpha value is -2.10. The van der Waals surface area contributed by atoms with E-state index in [0.29, 0.717) is 0 Å². The summed E-state index contributed by atoms with van der Waals surface area (Å²) in [7, 11) is 1.26. The number of aliphatic carboxylic acids is 1. The molecule has 4 heteroatoms. The van der Waals surface area contributed by atoms with Crippen molar-refractivity contribution in [1.29, 1.82) is 0 Å². The van der Waals surface area contributed by atoms with Gasteiger partial charge in [0.1, 0.15) is 0 Å². The molecule has 4 nitrogen and oxygen atoms in total. The minimum Gasteiger partial charge on any atom is -0.478 e. The van der Waals surface area contributed by atoms with Crippen LogP contribution in [-0.4, -0.2) is 24.2 Å². The molecule has 0 fully saturated rings. The summed E-state index contributed by atoms with van der Waals surface area (Å²) >= 11 is 0. The van der Waals surface area contributed by atoms with E-state index in [1.165, 1.54) is 38.3 Å². The van der Waals surface area contributed by atoms with Crippen LogP contribution >= 0.6 is 0 Å². The third kappa shape index (κ3) is 4.95. The Morgan fingerprint density at radius 3 is 2.38 bits per heavy atom. The maximum atomic E-state index is 11.2. The summed E-state index contributed by atoms with van der Waals surface area (Å²) in [4.78, 5) is 21.8. The number of carbonyl (C=O) groups excluding carboxylic acids is 1. The molecule has 0 atom stereocenters. The van der Waals surface area contributed by atoms with Gasteiger partial charge in [0.2, 0.25) is 0 Å². The van der Waals surface area contributed by atoms with Crippen LogP contribution in [0.15, 0.2) is 48.1 Å². The molecule has 1 N–H and O–H groups in total. The van der Waals surface area contributed by atoms with E-state index >= 15 is 0 Å². The number of carboxylic acids is 1. The Bertz CT molecular complexity index is 372. The smallest absolute Gasteiger partial charge is 0.337 e. The molecule has 0 aliphatic rings. The minimum atomic E-state index is -1.03. The molecule has 0 aliphatic carbocycles. The van der Waals surface area contributed by atoms with Crippen LogP contribution in [0.4, 0.5) is 0 Å². The van der Waals surface area contributed by atoms with Gasteiger partial charge in [-0.25, -0.2) is 9.59 Å². The monoisotopic (exact) mass is 222 g/mol. The van der Waals surface area contributed by atoms with Crippen molar-refractivity contribution in [3.8, 4) is 0 Å². The van der Waals surface area contributed by atoms with Crippen molar-refractivity contribution in [3.05, 3.63) is 48.1 Å². The highest BCUT2D eigenvalue weighted by Crippen LogP contribution is 2.03. The van der Waals surface area contributed by atoms with Crippen LogP contribution in [0.5, 0.6) is 0 Å². The maximum absolute atomic E-state index is 11.2. The van der Waals surface area contributed by atoms with Crippen molar-refractivity contribution in [2.45, 2.75) is 6.92 Å². The number of ether oxygens (including phenoxy) is 1. The number of esters is 1. The average Bonchev–Trinajstić information content (AvgIpc) is 2.27. The maximum Gasteiger partial charge on any atom is 0.337 e. The zero-order valence-corrected chi connectivity index (χ0v) is 9.27. The topological polar surface area (TPSA) is 63.6 Å². The second kappa shape index (κ2) is 7.23. The molecule has 0 spiro atoms. The van der Waals surface area contributed by atoms with Crippen LogP contribution in [0, 0.1) is 0 Å². The first-order chi connectivity index (χ1) is 7.52. The first kappa shape index (κ1) is 13.9. The van der Waals surface area contributed by atoms with E-state index in [1.54, 1.807) is 6.08 Å². The van der Waals surface area contributed by atoms with E-state index < -0.39 is 11.9 Å². The van der Waals surface area contributed by atoms with Gasteiger partial charge in [-0.05, 0) is 19.1 Å². The van der Waals surface area contributed by atoms with Gasteiger partial charge in [0.25, 0.3) is 0 Å². The second-order valence-electron chi connectivity index (χ2n) is 2.86. The predicted octanol–water partition coefficient (Wildman–Crippen LogP) is 1.86. The SMILES string of the molecule is C=CC=CC(=CC=C(C)C(=O)O)C(=O)OC. The zero-order valence-electron chi connectivity index (χ0n) is 9.27. The lowest BCUT2D eigenvalue weighted by Crippen LogP contribution is -2.02. The third-order valence-electron chi connectivity index (χ3n) is 1.68. The Morgan fingerprint density at radius 2 is 1.94 bits per heavy atom. The van der Waals surface area contributed by atoms with Gasteiger partial charge < -0.3 is 9.84 Å². The number of rotatable bonds is 5. The van der Waals surface area contributed by atoms with Crippen molar-refractivity contribution in [1.82, 2.24) is 0 Å². The molecule has 0 aromatic heterocycles. The van der Waals surface area contributed by atoms with E-state index in [-0.39, 0.29) is 11.1 Å². The number of methoxy groups -OCH3 is 1. The fourth-order valence-corrected chi connectivity index (χ4v) is 0.767. The van der Waals surface area contributed by atoms with Gasteiger partial charge in [-0.1, -0.05) is 24.8 Å². The van der Waals surface area contributed by atoms with Crippen molar-refractivity contribution in [2.75, 3.05) is 7.11 Å². The van der Waals surface area contributed by atoms with Gasteiger partial charge in [0, 0.05) is 5.57 Å². The molecule has 0 amide bonds. The van der Waals surface area contributed by atoms with Crippen molar-refractivity contribution in [2.24, 2.45) is 0 Å². The van der Waals surface area contributed by atoms with Crippen LogP contribution in [0.3, 0.4) is 0 Å². The fraction of sp³-hybridized carbons (Fsp3) is 0.167. The molecule has 0 aromatic carbocycles. The molecule has 0 saturated heterocycles. The molecule has 0 unspecified atom stereocenters. The third-order valence-corrected chi connectivity index (χ3v) is 1.68. The highest BCUT2D eigenvalue weighted by Gasteiger charge is 2.04. The van der Waals surface area contributed by atoms with Gasteiger partial charge in [0.05, 0.1) is 12.7 Å². The molecule has 86 valence electrons. The Kier molecular flexibility index (Phi) is 6.28. The summed E-state index contributed by atoms with van der Waals surface area (Å²) in [5.41, 5.74) is 0.386. The molecule has 0 saturated carbocycles. The molecular weight excluding hydrogens is 208 g/mol. The quantitative estimate of drug-likeness (QED) is 0.438. The molecule has 0 rings (SSSR count). The Morgan fingerprint density at radius 1 is 1.31 bits per heavy atom. The number of carbonyl (C=O) groups is 2. The van der Waals surface area contributed by atoms with Gasteiger partial charge in [-0.2, -0.15) is 0 Å². The van der Waals surface area contributed by atoms with Gasteiger partial charge in [-0.3, -0.25) is 0 Å². The molecule has 0 bridgehead atoms. The molecule has 0 heterocycles. The molecule has 16 heavy (non-hydrogen) atoms. The van der Waals surface area contributed by atoms with E-state index in [0.717, 1.165) is 0 Å². The number of carboxylic acid groups (broad SMARTS) is 1. The molecule has 0 aromatic rings. The summed E-state index contributed by atoms with van der Waals surface area (Å²) in [5, 5.41) is 8.62. The van der Waals surface area contributed by atoms with Crippen LogP contribution in [-0.2, 0) is 14.3 Å². The molecular formula is C12H14O4. The first-order valence-corrected chi connectivity index (χ1v) is 4.52. The van der Waals surface area contributed by atoms with Crippen LogP contribution < -0.4 is 0 Å². The molecule has 0 radical (unpaired) electrons. The zero-order chi connectivity index (χ0) is 12.6. The lowest BCUT2D eigenvalue weighted by Gasteiger charge is -1.98. The van der Waals surface area contributed by atoms with Crippen LogP contribution in [0.25, 0.3) is 0 Å². The van der Waals surface area contributed by atoms with Crippen molar-refractivity contribution >= 4 is 11.9 Å². The lowest BCUT2D eigenvalue weighted by atomic mass is 10.2. The van der Waals surface area contributed by atoms with Gasteiger partial charge in [-0.15, -0.1) is 0 Å². The standard InChI is InChI=1S/C12H14O4/c1-4-5-6-10(12(15)16-3)8-7-9(2)11(13)14/h4-8H,1H2,2-3H3,(H,13,14). The van der Waals surface area contributed by atoms with Crippen LogP contribution in [0.1, 0.15) is 6.92 Å². The normalized spacial score (nSPS) is 12.6. The minimum absolute atomic E-state index is 0.133. The Balaban J connectivity index is 5.03. The second-order valence-corrected chi connectivity index (χ2v) is 2.86. The predicted molar refractivity (Wildman–Crippen MR) is 60.8 cm³/mol. The highest BCUT2D eigenvalue weighted by atomic mass is 16.5. The summed E-state index contributed by atoms with van der Waals surface area (Å²) in [6.07, 6.45) is 7.28. The van der Waals surface area contributed by atoms with Crippen molar-refractivity contribution in [3.63, 3.8) is 0 Å². The summed E-state index contributed by atoms with van der Waals surface area (Å²) in [5.74, 6) is -1.57. The summed E-state index contributed by atoms with van der Waals surface area (Å²) < 4.78 is 4.53. The number of hydrogen-bond acceptors (Lipinski definition) is 3. The Labute approximate surface area is 94.2 Å². The number of hydrogen-bond donors (Lipinski definition) is 1. The van der Waals surface area contributed by atoms with Gasteiger partial charge in [0.15, 0.2) is 0 Å². The largest absolute Gasteiger partial charge is 0.478 e. The van der Waals surface area contributed by atoms with Crippen molar-refractivity contribution < 1.29 is 19.4 Å². The molecule has 0 aliphatic heterocycles. The van der Waals surface area contributed by atoms with E-state index in [9.17, 15) is 9.59 Å². The van der Waals surface area contributed by atoms with E-state index in [1.807, 2.05) is 0 Å². The lowest BCUT2D eigenvalue weighted by molar-refractivity contribution is -0.136. The van der Waals surface area contributed by atoms with Gasteiger partial charge >= 0.3 is 11.9 Å². The van der Waals surface area contributed by atoms with Crippen LogP contribution in [0.2, 0.25) is 0 Å².